The van der Waals surface area contributed by atoms with Crippen molar-refractivity contribution in [3.8, 4) is 5.75 Å². The largest absolute Gasteiger partial charge is 0.491 e. The van der Waals surface area contributed by atoms with Crippen molar-refractivity contribution in [3.63, 3.8) is 0 Å². The molecule has 0 atom stereocenters. The van der Waals surface area contributed by atoms with Crippen LogP contribution in [0.1, 0.15) is 24.3 Å². The average molecular weight is 614 g/mol. The molecule has 0 aliphatic carbocycles. The molecular weight excluding hydrogens is 566 g/mol. The Morgan fingerprint density at radius 1 is 0.864 bits per heavy atom. The van der Waals surface area contributed by atoms with Gasteiger partial charge in [-0.1, -0.05) is 0 Å². The molecule has 12 nitrogen and oxygen atoms in total. The number of aromatic nitrogens is 2. The van der Waals surface area contributed by atoms with Gasteiger partial charge >= 0.3 is 0 Å². The van der Waals surface area contributed by atoms with Crippen LogP contribution in [0.15, 0.2) is 42.6 Å². The first-order valence-corrected chi connectivity index (χ1v) is 15.4. The first kappa shape index (κ1) is 33.5. The van der Waals surface area contributed by atoms with Crippen molar-refractivity contribution in [1.29, 1.82) is 0 Å². The van der Waals surface area contributed by atoms with E-state index in [0.29, 0.717) is 90.9 Å². The molecule has 3 heterocycles. The number of H-pyrrole nitrogens is 1. The van der Waals surface area contributed by atoms with Crippen molar-refractivity contribution >= 4 is 28.3 Å². The fraction of sp³-hybridized carbons (Fsp3) is 0.562. The highest BCUT2D eigenvalue weighted by atomic mass is 16.6. The van der Waals surface area contributed by atoms with E-state index in [-0.39, 0.29) is 5.91 Å². The van der Waals surface area contributed by atoms with E-state index in [1.807, 2.05) is 41.4 Å². The van der Waals surface area contributed by atoms with E-state index < -0.39 is 0 Å². The lowest BCUT2D eigenvalue weighted by atomic mass is 10.2. The Labute approximate surface area is 259 Å². The molecule has 0 unspecified atom stereocenters. The van der Waals surface area contributed by atoms with Crippen LogP contribution in [0.3, 0.4) is 0 Å². The Hall–Kier alpha value is -3.42. The molecule has 1 amide bonds. The van der Waals surface area contributed by atoms with E-state index in [1.165, 1.54) is 0 Å². The normalized spacial score (nSPS) is 13.6. The van der Waals surface area contributed by atoms with Crippen molar-refractivity contribution in [1.82, 2.24) is 14.9 Å². The van der Waals surface area contributed by atoms with Gasteiger partial charge in [0.15, 0.2) is 5.82 Å². The summed E-state index contributed by atoms with van der Waals surface area (Å²) in [6.07, 6.45) is 1.81. The molecule has 2 aromatic heterocycles. The molecule has 242 valence electrons. The highest BCUT2D eigenvalue weighted by Gasteiger charge is 2.25. The zero-order valence-electron chi connectivity index (χ0n) is 26.2. The summed E-state index contributed by atoms with van der Waals surface area (Å²) in [5.74, 6) is 1.66. The van der Waals surface area contributed by atoms with Crippen LogP contribution in [0.5, 0.6) is 5.75 Å². The summed E-state index contributed by atoms with van der Waals surface area (Å²) >= 11 is 0. The molecule has 0 bridgehead atoms. The smallest absolute Gasteiger partial charge is 0.270 e. The molecule has 1 aliphatic heterocycles. The molecule has 12 heteroatoms. The molecule has 1 fully saturated rings. The quantitative estimate of drug-likeness (QED) is 0.184. The number of amides is 1. The van der Waals surface area contributed by atoms with Gasteiger partial charge in [-0.15, -0.1) is 0 Å². The van der Waals surface area contributed by atoms with Crippen molar-refractivity contribution in [2.45, 2.75) is 19.9 Å². The van der Waals surface area contributed by atoms with Crippen LogP contribution in [-0.4, -0.2) is 126 Å². The molecule has 3 aromatic rings. The first-order valence-electron chi connectivity index (χ1n) is 15.4. The third kappa shape index (κ3) is 10.6. The highest BCUT2D eigenvalue weighted by molar-refractivity contribution is 5.98. The number of carbonyl (C=O) groups excluding carboxylic acids is 1. The number of anilines is 2. The Kier molecular flexibility index (Phi) is 14.0. The van der Waals surface area contributed by atoms with Crippen LogP contribution in [0, 0.1) is 0 Å². The summed E-state index contributed by atoms with van der Waals surface area (Å²) in [7, 11) is 1.65. The van der Waals surface area contributed by atoms with Crippen LogP contribution >= 0.6 is 0 Å². The molecule has 44 heavy (non-hydrogen) atoms. The summed E-state index contributed by atoms with van der Waals surface area (Å²) in [5, 5.41) is 4.40. The average Bonchev–Trinajstić information content (AvgIpc) is 3.46. The summed E-state index contributed by atoms with van der Waals surface area (Å²) in [5.41, 5.74) is 2.49. The van der Waals surface area contributed by atoms with Gasteiger partial charge in [0, 0.05) is 56.4 Å². The summed E-state index contributed by atoms with van der Waals surface area (Å²) in [6.45, 7) is 12.1. The molecule has 2 N–H and O–H groups in total. The highest BCUT2D eigenvalue weighted by Crippen LogP contribution is 2.26. The predicted octanol–water partition coefficient (Wildman–Crippen LogP) is 3.44. The number of nitrogens with one attached hydrogen (secondary N) is 2. The Morgan fingerprint density at radius 3 is 2.14 bits per heavy atom. The number of rotatable bonds is 20. The predicted molar refractivity (Wildman–Crippen MR) is 170 cm³/mol. The van der Waals surface area contributed by atoms with Crippen molar-refractivity contribution in [3.05, 3.63) is 48.3 Å². The van der Waals surface area contributed by atoms with E-state index in [4.69, 9.17) is 28.4 Å². The van der Waals surface area contributed by atoms with Gasteiger partial charge in [0.1, 0.15) is 18.1 Å². The molecule has 0 saturated carbocycles. The number of carbonyl (C=O) groups is 1. The van der Waals surface area contributed by atoms with E-state index in [2.05, 4.69) is 40.1 Å². The number of piperazine rings is 1. The third-order valence-corrected chi connectivity index (χ3v) is 6.96. The number of methoxy groups -OCH3 is 1. The minimum atomic E-state index is -0.000915. The zero-order valence-corrected chi connectivity index (χ0v) is 26.2. The third-order valence-electron chi connectivity index (χ3n) is 6.96. The monoisotopic (exact) mass is 613 g/mol. The van der Waals surface area contributed by atoms with Crippen LogP contribution in [-0.2, 0) is 23.7 Å². The fourth-order valence-corrected chi connectivity index (χ4v) is 4.80. The summed E-state index contributed by atoms with van der Waals surface area (Å²) < 4.78 is 32.6. The van der Waals surface area contributed by atoms with Gasteiger partial charge in [-0.25, -0.2) is 4.98 Å². The van der Waals surface area contributed by atoms with Gasteiger partial charge in [-0.2, -0.15) is 0 Å². The number of hydrogen-bond acceptors (Lipinski definition) is 10. The van der Waals surface area contributed by atoms with Crippen molar-refractivity contribution in [2.24, 2.45) is 0 Å². The molecule has 4 rings (SSSR count). The molecule has 1 aromatic carbocycles. The molecular formula is C32H47N5O7. The van der Waals surface area contributed by atoms with Gasteiger partial charge in [0.25, 0.3) is 5.91 Å². The van der Waals surface area contributed by atoms with Gasteiger partial charge in [-0.3, -0.25) is 4.79 Å². The minimum Gasteiger partial charge on any atom is -0.491 e. The molecule has 1 aliphatic rings. The van der Waals surface area contributed by atoms with Gasteiger partial charge < -0.3 is 48.5 Å². The number of aromatic amines is 1. The maximum atomic E-state index is 13.3. The standard InChI is InChI=1S/C32H47N5O7/c1-25(2)34-29-5-4-8-33-31(29)36-9-11-37(12-10-36)32(38)30-24-26-23-27(6-7-28(26)35-30)44-22-21-43-20-19-42-18-17-41-16-15-40-14-13-39-3/h4-8,23-25,34-35H,9-22H2,1-3H3. The number of pyridine rings is 1. The topological polar surface area (TPSA) is 120 Å². The lowest BCUT2D eigenvalue weighted by Crippen LogP contribution is -2.49. The van der Waals surface area contributed by atoms with Gasteiger partial charge in [0.2, 0.25) is 0 Å². The lowest BCUT2D eigenvalue weighted by molar-refractivity contribution is -0.00978. The van der Waals surface area contributed by atoms with Crippen molar-refractivity contribution in [2.75, 3.05) is 110 Å². The number of nitrogens with zero attached hydrogens (tertiary/aromatic N) is 3. The lowest BCUT2D eigenvalue weighted by Gasteiger charge is -2.36. The van der Waals surface area contributed by atoms with E-state index in [0.717, 1.165) is 41.2 Å². The Bertz CT molecular complexity index is 1260. The van der Waals surface area contributed by atoms with Crippen LogP contribution in [0.2, 0.25) is 0 Å². The van der Waals surface area contributed by atoms with E-state index in [1.54, 1.807) is 7.11 Å². The first-order chi connectivity index (χ1) is 21.5. The van der Waals surface area contributed by atoms with Gasteiger partial charge in [-0.05, 0) is 50.2 Å². The second-order valence-corrected chi connectivity index (χ2v) is 10.7. The van der Waals surface area contributed by atoms with Gasteiger partial charge in [0.05, 0.1) is 65.1 Å². The SMILES string of the molecule is COCCOCCOCCOCCOCCOc1ccc2[nH]c(C(=O)N3CCN(c4ncccc4NC(C)C)CC3)cc2c1. The van der Waals surface area contributed by atoms with E-state index >= 15 is 0 Å². The maximum Gasteiger partial charge on any atom is 0.270 e. The van der Waals surface area contributed by atoms with Crippen LogP contribution in [0.4, 0.5) is 11.5 Å². The molecule has 0 spiro atoms. The second-order valence-electron chi connectivity index (χ2n) is 10.7. The number of benzene rings is 1. The van der Waals surface area contributed by atoms with E-state index in [9.17, 15) is 4.79 Å². The van der Waals surface area contributed by atoms with Crippen LogP contribution in [0.25, 0.3) is 10.9 Å². The Balaban J connectivity index is 1.12. The minimum absolute atomic E-state index is 0.000915. The maximum absolute atomic E-state index is 13.3. The summed E-state index contributed by atoms with van der Waals surface area (Å²) in [6, 6.07) is 12.0. The molecule has 1 saturated heterocycles. The number of fused-ring (bicyclic) bond motifs is 1. The second kappa shape index (κ2) is 18.4. The van der Waals surface area contributed by atoms with Crippen LogP contribution < -0.4 is 15.0 Å². The fourth-order valence-electron chi connectivity index (χ4n) is 4.80. The Morgan fingerprint density at radius 2 is 1.50 bits per heavy atom. The summed E-state index contributed by atoms with van der Waals surface area (Å²) in [4.78, 5) is 25.3. The van der Waals surface area contributed by atoms with Crippen molar-refractivity contribution < 1.29 is 33.2 Å². The molecule has 0 radical (unpaired) electrons. The number of hydrogen-bond donors (Lipinski definition) is 2. The zero-order chi connectivity index (χ0) is 31.0. The number of ether oxygens (including phenoxy) is 6.